The molecule has 5 nitrogen and oxygen atoms in total. The largest absolute Gasteiger partial charge is 0.351 e. The second kappa shape index (κ2) is 13.2. The lowest BCUT2D eigenvalue weighted by Crippen LogP contribution is -2.51. The first kappa shape index (κ1) is 27.6. The number of nitrogens with one attached hydrogen (secondary N) is 2. The molecule has 1 aliphatic carbocycles. The molecule has 0 aromatic heterocycles. The predicted molar refractivity (Wildman–Crippen MR) is 135 cm³/mol. The van der Waals surface area contributed by atoms with Crippen molar-refractivity contribution < 1.29 is 9.59 Å². The average Bonchev–Trinajstić information content (AvgIpc) is 2.70. The van der Waals surface area contributed by atoms with Crippen LogP contribution in [0.15, 0.2) is 58.7 Å². The van der Waals surface area contributed by atoms with Crippen LogP contribution in [0.2, 0.25) is 0 Å². The van der Waals surface area contributed by atoms with Crippen molar-refractivity contribution in [1.29, 1.82) is 0 Å². The fourth-order valence-electron chi connectivity index (χ4n) is 3.89. The summed E-state index contributed by atoms with van der Waals surface area (Å²) in [6.45, 7) is 15.1. The molecule has 0 fully saturated rings. The van der Waals surface area contributed by atoms with Gasteiger partial charge in [0, 0.05) is 6.54 Å². The fraction of sp³-hybridized carbons (Fsp3) is 0.556. The summed E-state index contributed by atoms with van der Waals surface area (Å²) < 4.78 is 0. The number of allylic oxidation sites excluding steroid dienone is 9. The normalized spacial score (nSPS) is 18.5. The third kappa shape index (κ3) is 9.39. The molecule has 5 heteroatoms. The van der Waals surface area contributed by atoms with Crippen molar-refractivity contribution in [2.45, 2.75) is 73.8 Å². The fourth-order valence-corrected chi connectivity index (χ4v) is 3.89. The zero-order chi connectivity index (χ0) is 24.3. The Morgan fingerprint density at radius 2 is 1.84 bits per heavy atom. The van der Waals surface area contributed by atoms with Gasteiger partial charge in [-0.05, 0) is 56.9 Å². The molecule has 0 saturated heterocycles. The number of amides is 2. The van der Waals surface area contributed by atoms with Gasteiger partial charge < -0.3 is 16.4 Å². The van der Waals surface area contributed by atoms with Crippen LogP contribution in [0, 0.1) is 11.3 Å². The lowest BCUT2D eigenvalue weighted by molar-refractivity contribution is -0.129. The minimum absolute atomic E-state index is 0.0182. The Morgan fingerprint density at radius 1 is 1.16 bits per heavy atom. The summed E-state index contributed by atoms with van der Waals surface area (Å²) in [4.78, 5) is 23.9. The van der Waals surface area contributed by atoms with Crippen LogP contribution in [-0.4, -0.2) is 30.9 Å². The van der Waals surface area contributed by atoms with Crippen molar-refractivity contribution in [2.75, 3.05) is 13.1 Å². The van der Waals surface area contributed by atoms with Gasteiger partial charge in [-0.2, -0.15) is 0 Å². The van der Waals surface area contributed by atoms with Crippen molar-refractivity contribution in [3.8, 4) is 0 Å². The quantitative estimate of drug-likeness (QED) is 0.428. The molecular weight excluding hydrogens is 398 g/mol. The zero-order valence-corrected chi connectivity index (χ0v) is 21.0. The van der Waals surface area contributed by atoms with Gasteiger partial charge in [-0.1, -0.05) is 80.9 Å². The average molecular weight is 442 g/mol. The van der Waals surface area contributed by atoms with Crippen LogP contribution in [0.3, 0.4) is 0 Å². The Hall–Kier alpha value is -2.40. The molecule has 0 heterocycles. The van der Waals surface area contributed by atoms with Crippen molar-refractivity contribution in [3.05, 3.63) is 58.7 Å². The van der Waals surface area contributed by atoms with Crippen molar-refractivity contribution >= 4 is 11.8 Å². The van der Waals surface area contributed by atoms with Crippen LogP contribution < -0.4 is 16.4 Å². The molecule has 178 valence electrons. The monoisotopic (exact) mass is 441 g/mol. The number of hydrogen-bond acceptors (Lipinski definition) is 3. The lowest BCUT2D eigenvalue weighted by Gasteiger charge is -2.32. The highest BCUT2D eigenvalue weighted by Gasteiger charge is 2.26. The minimum atomic E-state index is -0.583. The molecule has 1 rings (SSSR count). The molecule has 4 N–H and O–H groups in total. The lowest BCUT2D eigenvalue weighted by atomic mass is 9.72. The Bertz CT molecular complexity index is 811. The summed E-state index contributed by atoms with van der Waals surface area (Å²) in [5.74, 6) is -0.551. The van der Waals surface area contributed by atoms with E-state index in [2.05, 4.69) is 56.6 Å². The number of carbonyl (C=O) groups is 2. The van der Waals surface area contributed by atoms with E-state index in [1.54, 1.807) is 0 Å². The van der Waals surface area contributed by atoms with Gasteiger partial charge in [-0.15, -0.1) is 0 Å². The first-order valence-electron chi connectivity index (χ1n) is 11.6. The molecule has 0 saturated carbocycles. The second-order valence-corrected chi connectivity index (χ2v) is 9.72. The first-order valence-corrected chi connectivity index (χ1v) is 11.6. The van der Waals surface area contributed by atoms with Gasteiger partial charge >= 0.3 is 0 Å². The highest BCUT2D eigenvalue weighted by atomic mass is 16.2. The van der Waals surface area contributed by atoms with Crippen LogP contribution in [-0.2, 0) is 9.59 Å². The Kier molecular flexibility index (Phi) is 11.4. The Labute approximate surface area is 195 Å². The molecule has 0 unspecified atom stereocenters. The molecule has 1 atom stereocenters. The molecular formula is C27H43N3O2. The number of carbonyl (C=O) groups excluding carboxylic acids is 2. The molecule has 0 spiro atoms. The van der Waals surface area contributed by atoms with Crippen LogP contribution >= 0.6 is 0 Å². The van der Waals surface area contributed by atoms with E-state index in [0.29, 0.717) is 6.54 Å². The molecule has 0 bridgehead atoms. The number of hydrogen-bond donors (Lipinski definition) is 3. The zero-order valence-electron chi connectivity index (χ0n) is 21.0. The maximum absolute atomic E-state index is 12.4. The van der Waals surface area contributed by atoms with Gasteiger partial charge in [-0.25, -0.2) is 0 Å². The molecule has 32 heavy (non-hydrogen) atoms. The topological polar surface area (TPSA) is 84.2 Å². The van der Waals surface area contributed by atoms with Gasteiger partial charge in [-0.3, -0.25) is 9.59 Å². The van der Waals surface area contributed by atoms with E-state index in [1.165, 1.54) is 36.0 Å². The summed E-state index contributed by atoms with van der Waals surface area (Å²) in [5.41, 5.74) is 10.8. The van der Waals surface area contributed by atoms with E-state index >= 15 is 0 Å². The predicted octanol–water partition coefficient (Wildman–Crippen LogP) is 4.73. The second-order valence-electron chi connectivity index (χ2n) is 9.72. The minimum Gasteiger partial charge on any atom is -0.351 e. The third-order valence-corrected chi connectivity index (χ3v) is 5.92. The van der Waals surface area contributed by atoms with Gasteiger partial charge in [0.05, 0.1) is 6.54 Å². The summed E-state index contributed by atoms with van der Waals surface area (Å²) in [6, 6.07) is -0.583. The molecule has 1 aliphatic rings. The van der Waals surface area contributed by atoms with Gasteiger partial charge in [0.2, 0.25) is 11.8 Å². The molecule has 0 aliphatic heterocycles. The number of nitrogens with two attached hydrogens (primary N) is 1. The van der Waals surface area contributed by atoms with E-state index in [1.807, 2.05) is 39.0 Å². The Morgan fingerprint density at radius 3 is 2.44 bits per heavy atom. The van der Waals surface area contributed by atoms with E-state index in [0.717, 1.165) is 5.57 Å². The smallest absolute Gasteiger partial charge is 0.243 e. The first-order chi connectivity index (χ1) is 15.0. The van der Waals surface area contributed by atoms with E-state index < -0.39 is 6.04 Å². The van der Waals surface area contributed by atoms with Gasteiger partial charge in [0.1, 0.15) is 6.04 Å². The maximum atomic E-state index is 12.4. The summed E-state index contributed by atoms with van der Waals surface area (Å²) in [6.07, 6.45) is 16.3. The van der Waals surface area contributed by atoms with Gasteiger partial charge in [0.25, 0.3) is 0 Å². The molecule has 0 aromatic rings. The summed E-state index contributed by atoms with van der Waals surface area (Å²) in [5, 5.41) is 5.52. The van der Waals surface area contributed by atoms with Gasteiger partial charge in [0.15, 0.2) is 0 Å². The highest BCUT2D eigenvalue weighted by molar-refractivity contribution is 5.88. The van der Waals surface area contributed by atoms with E-state index in [9.17, 15) is 9.59 Å². The number of rotatable bonds is 10. The van der Waals surface area contributed by atoms with Crippen LogP contribution in [0.5, 0.6) is 0 Å². The third-order valence-electron chi connectivity index (χ3n) is 5.92. The summed E-state index contributed by atoms with van der Waals surface area (Å²) >= 11 is 0. The molecule has 0 aromatic carbocycles. The van der Waals surface area contributed by atoms with E-state index in [-0.39, 0.29) is 29.7 Å². The van der Waals surface area contributed by atoms with Crippen molar-refractivity contribution in [3.63, 3.8) is 0 Å². The van der Waals surface area contributed by atoms with Crippen molar-refractivity contribution in [1.82, 2.24) is 10.6 Å². The SMILES string of the molecule is CC(C=CC1=C(C)CCCC1(C)C)=CC=CC(C)=CCNC(=O)[C@@H](NC(=O)CN)C(C)C. The molecule has 0 radical (unpaired) electrons. The van der Waals surface area contributed by atoms with Crippen molar-refractivity contribution in [2.24, 2.45) is 17.1 Å². The summed E-state index contributed by atoms with van der Waals surface area (Å²) in [7, 11) is 0. The van der Waals surface area contributed by atoms with Crippen LogP contribution in [0.1, 0.15) is 67.7 Å². The standard InChI is InChI=1S/C27H43N3O2/c1-19(2)25(30-24(31)18-28)26(32)29-17-15-21(4)11-8-10-20(3)13-14-23-22(5)12-9-16-27(23,6)7/h8,10-11,13-15,19,25H,9,12,16-18,28H2,1-7H3,(H,29,32)(H,30,31)/t25-/m0/s1. The van der Waals surface area contributed by atoms with Crippen LogP contribution in [0.25, 0.3) is 0 Å². The van der Waals surface area contributed by atoms with Crippen LogP contribution in [0.4, 0.5) is 0 Å². The molecule has 2 amide bonds. The maximum Gasteiger partial charge on any atom is 0.243 e. The van der Waals surface area contributed by atoms with E-state index in [4.69, 9.17) is 5.73 Å². The Balaban J connectivity index is 2.63. The highest BCUT2D eigenvalue weighted by Crippen LogP contribution is 2.40.